The van der Waals surface area contributed by atoms with Gasteiger partial charge in [0.15, 0.2) is 0 Å². The first-order valence-corrected chi connectivity index (χ1v) is 7.82. The number of aryl methyl sites for hydroxylation is 1. The molecule has 0 unspecified atom stereocenters. The molecule has 1 saturated heterocycles. The Morgan fingerprint density at radius 1 is 1.05 bits per heavy atom. The highest BCUT2D eigenvalue weighted by Gasteiger charge is 2.44. The first-order valence-electron chi connectivity index (χ1n) is 7.82. The third kappa shape index (κ3) is 2.49. The topological polar surface area (TPSA) is 80.8 Å². The van der Waals surface area contributed by atoms with Crippen molar-refractivity contribution in [1.29, 1.82) is 0 Å². The van der Waals surface area contributed by atoms with Gasteiger partial charge in [0.05, 0.1) is 5.69 Å². The van der Waals surface area contributed by atoms with E-state index < -0.39 is 0 Å². The minimum Gasteiger partial charge on any atom is -0.368 e. The summed E-state index contributed by atoms with van der Waals surface area (Å²) in [6.07, 6.45) is 8.77. The molecule has 0 amide bonds. The summed E-state index contributed by atoms with van der Waals surface area (Å²) in [7, 11) is 0. The maximum atomic E-state index is 5.55. The Hall–Kier alpha value is -2.24. The molecule has 2 N–H and O–H groups in total. The Labute approximate surface area is 129 Å². The highest BCUT2D eigenvalue weighted by molar-refractivity contribution is 5.59. The molecule has 6 nitrogen and oxygen atoms in total. The summed E-state index contributed by atoms with van der Waals surface area (Å²) in [4.78, 5) is 19.7. The van der Waals surface area contributed by atoms with Gasteiger partial charge in [-0.05, 0) is 44.1 Å². The van der Waals surface area contributed by atoms with E-state index in [4.69, 9.17) is 10.7 Å². The highest BCUT2D eigenvalue weighted by atomic mass is 15.3. The van der Waals surface area contributed by atoms with E-state index in [0.717, 1.165) is 36.0 Å². The van der Waals surface area contributed by atoms with E-state index in [9.17, 15) is 0 Å². The lowest BCUT2D eigenvalue weighted by atomic mass is 9.94. The van der Waals surface area contributed by atoms with Crippen molar-refractivity contribution in [3.05, 3.63) is 24.2 Å². The molecule has 1 aliphatic heterocycles. The number of rotatable bonds is 2. The molecular weight excluding hydrogens is 276 g/mol. The Morgan fingerprint density at radius 3 is 2.36 bits per heavy atom. The summed E-state index contributed by atoms with van der Waals surface area (Å²) >= 11 is 0. The van der Waals surface area contributed by atoms with Gasteiger partial charge >= 0.3 is 0 Å². The largest absolute Gasteiger partial charge is 0.368 e. The second-order valence-electron chi connectivity index (χ2n) is 6.51. The van der Waals surface area contributed by atoms with Crippen LogP contribution in [-0.4, -0.2) is 33.0 Å². The first-order chi connectivity index (χ1) is 10.6. The number of hydrogen-bond donors (Lipinski definition) is 1. The minimum atomic E-state index is 0.278. The molecule has 1 aliphatic carbocycles. The predicted octanol–water partition coefficient (Wildman–Crippen LogP) is 2.20. The third-order valence-electron chi connectivity index (χ3n) is 4.87. The molecule has 2 aliphatic rings. The molecule has 2 fully saturated rings. The van der Waals surface area contributed by atoms with E-state index in [1.807, 2.05) is 13.0 Å². The van der Waals surface area contributed by atoms with Crippen LogP contribution in [0.15, 0.2) is 18.5 Å². The van der Waals surface area contributed by atoms with Crippen LogP contribution in [0.5, 0.6) is 0 Å². The van der Waals surface area contributed by atoms with Crippen LogP contribution in [0.3, 0.4) is 0 Å². The number of nitrogens with zero attached hydrogens (tertiary/aromatic N) is 5. The number of aromatic nitrogens is 4. The SMILES string of the molecule is Cc1cc(-c2cnc(N)nc2)nc(N2CCC3(CC2)CC3)n1. The van der Waals surface area contributed by atoms with E-state index in [2.05, 4.69) is 19.9 Å². The lowest BCUT2D eigenvalue weighted by molar-refractivity contribution is 0.381. The fourth-order valence-corrected chi connectivity index (χ4v) is 3.17. The molecule has 0 bridgehead atoms. The van der Waals surface area contributed by atoms with E-state index in [1.54, 1.807) is 12.4 Å². The molecule has 4 rings (SSSR count). The van der Waals surface area contributed by atoms with Gasteiger partial charge in [-0.2, -0.15) is 0 Å². The molecule has 22 heavy (non-hydrogen) atoms. The van der Waals surface area contributed by atoms with Crippen LogP contribution in [0.4, 0.5) is 11.9 Å². The summed E-state index contributed by atoms with van der Waals surface area (Å²) < 4.78 is 0. The maximum Gasteiger partial charge on any atom is 0.226 e. The average Bonchev–Trinajstić information content (AvgIpc) is 3.27. The van der Waals surface area contributed by atoms with Crippen molar-refractivity contribution in [2.24, 2.45) is 5.41 Å². The smallest absolute Gasteiger partial charge is 0.226 e. The summed E-state index contributed by atoms with van der Waals surface area (Å²) in [5.41, 5.74) is 8.90. The number of piperidine rings is 1. The zero-order valence-electron chi connectivity index (χ0n) is 12.8. The number of nitrogens with two attached hydrogens (primary N) is 1. The molecule has 114 valence electrons. The van der Waals surface area contributed by atoms with Gasteiger partial charge in [0.1, 0.15) is 0 Å². The van der Waals surface area contributed by atoms with E-state index in [1.165, 1.54) is 25.7 Å². The van der Waals surface area contributed by atoms with Crippen molar-refractivity contribution in [3.8, 4) is 11.3 Å². The molecule has 1 spiro atoms. The van der Waals surface area contributed by atoms with Crippen molar-refractivity contribution >= 4 is 11.9 Å². The monoisotopic (exact) mass is 296 g/mol. The predicted molar refractivity (Wildman–Crippen MR) is 85.3 cm³/mol. The fraction of sp³-hybridized carbons (Fsp3) is 0.500. The van der Waals surface area contributed by atoms with Crippen LogP contribution in [0, 0.1) is 12.3 Å². The second-order valence-corrected chi connectivity index (χ2v) is 6.51. The summed E-state index contributed by atoms with van der Waals surface area (Å²) in [5, 5.41) is 0. The molecule has 0 radical (unpaired) electrons. The third-order valence-corrected chi connectivity index (χ3v) is 4.87. The molecule has 2 aromatic heterocycles. The van der Waals surface area contributed by atoms with Crippen LogP contribution in [0.25, 0.3) is 11.3 Å². The van der Waals surface area contributed by atoms with Gasteiger partial charge in [0.2, 0.25) is 11.9 Å². The second kappa shape index (κ2) is 4.90. The lowest BCUT2D eigenvalue weighted by Gasteiger charge is -2.32. The summed E-state index contributed by atoms with van der Waals surface area (Å²) in [6.45, 7) is 4.11. The van der Waals surface area contributed by atoms with Gasteiger partial charge in [0, 0.05) is 36.7 Å². The van der Waals surface area contributed by atoms with Gasteiger partial charge in [-0.3, -0.25) is 0 Å². The summed E-state index contributed by atoms with van der Waals surface area (Å²) in [5.74, 6) is 1.10. The maximum absolute atomic E-state index is 5.55. The molecule has 3 heterocycles. The summed E-state index contributed by atoms with van der Waals surface area (Å²) in [6, 6.07) is 1.96. The van der Waals surface area contributed by atoms with Crippen molar-refractivity contribution in [3.63, 3.8) is 0 Å². The Balaban J connectivity index is 1.61. The van der Waals surface area contributed by atoms with E-state index >= 15 is 0 Å². The normalized spacial score (nSPS) is 19.4. The first kappa shape index (κ1) is 13.4. The molecule has 6 heteroatoms. The number of nitrogen functional groups attached to an aromatic ring is 1. The minimum absolute atomic E-state index is 0.278. The van der Waals surface area contributed by atoms with Crippen LogP contribution >= 0.6 is 0 Å². The van der Waals surface area contributed by atoms with Crippen LogP contribution in [0.1, 0.15) is 31.4 Å². The quantitative estimate of drug-likeness (QED) is 0.915. The van der Waals surface area contributed by atoms with E-state index in [-0.39, 0.29) is 5.95 Å². The van der Waals surface area contributed by atoms with Gasteiger partial charge in [0.25, 0.3) is 0 Å². The van der Waals surface area contributed by atoms with Crippen LogP contribution < -0.4 is 10.6 Å². The van der Waals surface area contributed by atoms with Crippen molar-refractivity contribution in [2.45, 2.75) is 32.6 Å². The van der Waals surface area contributed by atoms with Gasteiger partial charge in [-0.15, -0.1) is 0 Å². The fourth-order valence-electron chi connectivity index (χ4n) is 3.17. The van der Waals surface area contributed by atoms with Crippen molar-refractivity contribution < 1.29 is 0 Å². The number of anilines is 2. The molecule has 0 aromatic carbocycles. The molecule has 0 atom stereocenters. The van der Waals surface area contributed by atoms with Crippen LogP contribution in [0.2, 0.25) is 0 Å². The highest BCUT2D eigenvalue weighted by Crippen LogP contribution is 2.53. The standard InChI is InChI=1S/C16H20N6/c1-11-8-13(12-9-18-14(17)19-10-12)21-15(20-11)22-6-4-16(2-3-16)5-7-22/h8-10H,2-7H2,1H3,(H2,17,18,19). The van der Waals surface area contributed by atoms with Gasteiger partial charge in [-0.25, -0.2) is 19.9 Å². The lowest BCUT2D eigenvalue weighted by Crippen LogP contribution is -2.35. The molecular formula is C16H20N6. The van der Waals surface area contributed by atoms with Crippen LogP contribution in [-0.2, 0) is 0 Å². The van der Waals surface area contributed by atoms with Gasteiger partial charge < -0.3 is 10.6 Å². The van der Waals surface area contributed by atoms with E-state index in [0.29, 0.717) is 5.41 Å². The Morgan fingerprint density at radius 2 is 1.73 bits per heavy atom. The molecule has 1 saturated carbocycles. The molecule has 2 aromatic rings. The zero-order chi connectivity index (χ0) is 15.2. The zero-order valence-corrected chi connectivity index (χ0v) is 12.8. The number of hydrogen-bond acceptors (Lipinski definition) is 6. The van der Waals surface area contributed by atoms with Gasteiger partial charge in [-0.1, -0.05) is 0 Å². The van der Waals surface area contributed by atoms with Crippen molar-refractivity contribution in [2.75, 3.05) is 23.7 Å². The average molecular weight is 296 g/mol. The van der Waals surface area contributed by atoms with Crippen molar-refractivity contribution in [1.82, 2.24) is 19.9 Å². The Kier molecular flexibility index (Phi) is 2.99. The Bertz CT molecular complexity index is 682.